The Balaban J connectivity index is 1.86. The maximum atomic E-state index is 12.2. The van der Waals surface area contributed by atoms with Gasteiger partial charge in [-0.25, -0.2) is 0 Å². The molecule has 6 nitrogen and oxygen atoms in total. The van der Waals surface area contributed by atoms with E-state index < -0.39 is 11.5 Å². The fraction of sp³-hybridized carbons (Fsp3) is 0.786. The van der Waals surface area contributed by atoms with Gasteiger partial charge in [0.1, 0.15) is 0 Å². The molecule has 2 aliphatic rings. The van der Waals surface area contributed by atoms with Crippen molar-refractivity contribution in [2.75, 3.05) is 13.1 Å². The molecule has 20 heavy (non-hydrogen) atoms. The Morgan fingerprint density at radius 2 is 2.05 bits per heavy atom. The number of carboxylic acid groups (broad SMARTS) is 1. The average molecular weight is 282 g/mol. The highest BCUT2D eigenvalue weighted by Crippen LogP contribution is 2.32. The Bertz CT molecular complexity index is 429. The van der Waals surface area contributed by atoms with Crippen molar-refractivity contribution in [1.82, 2.24) is 10.2 Å². The van der Waals surface area contributed by atoms with Crippen LogP contribution < -0.4 is 5.32 Å². The first-order chi connectivity index (χ1) is 9.27. The standard InChI is InChI=1S/C14H22N2O4/c1-14(2,6-12(18)19)15-13(20)10-5-11(17)16(8-10)7-9-3-4-9/h9-10H,3-8H2,1-2H3,(H,15,20)(H,18,19). The quantitative estimate of drug-likeness (QED) is 0.747. The molecule has 0 radical (unpaired) electrons. The number of rotatable bonds is 6. The lowest BCUT2D eigenvalue weighted by molar-refractivity contribution is -0.139. The van der Waals surface area contributed by atoms with E-state index in [1.807, 2.05) is 0 Å². The molecule has 0 aromatic rings. The monoisotopic (exact) mass is 282 g/mol. The minimum absolute atomic E-state index is 0.0353. The zero-order valence-electron chi connectivity index (χ0n) is 12.0. The molecular formula is C14H22N2O4. The number of carboxylic acids is 1. The summed E-state index contributed by atoms with van der Waals surface area (Å²) in [6, 6.07) is 0. The highest BCUT2D eigenvalue weighted by molar-refractivity contribution is 5.89. The van der Waals surface area contributed by atoms with Crippen LogP contribution in [0.1, 0.15) is 39.5 Å². The first kappa shape index (κ1) is 14.8. The minimum atomic E-state index is -0.951. The summed E-state index contributed by atoms with van der Waals surface area (Å²) in [4.78, 5) is 36.5. The lowest BCUT2D eigenvalue weighted by Gasteiger charge is -2.26. The molecule has 2 fully saturated rings. The van der Waals surface area contributed by atoms with Crippen LogP contribution in [0.3, 0.4) is 0 Å². The molecule has 1 unspecified atom stereocenters. The van der Waals surface area contributed by atoms with E-state index in [-0.39, 0.29) is 30.6 Å². The second-order valence-corrected chi connectivity index (χ2v) is 6.59. The molecule has 2 amide bonds. The third-order valence-corrected chi connectivity index (χ3v) is 3.82. The number of hydrogen-bond acceptors (Lipinski definition) is 3. The van der Waals surface area contributed by atoms with E-state index in [0.29, 0.717) is 12.5 Å². The van der Waals surface area contributed by atoms with Crippen LogP contribution in [0.4, 0.5) is 0 Å². The van der Waals surface area contributed by atoms with E-state index in [1.165, 1.54) is 12.8 Å². The van der Waals surface area contributed by atoms with Crippen LogP contribution in [0.25, 0.3) is 0 Å². The summed E-state index contributed by atoms with van der Waals surface area (Å²) in [7, 11) is 0. The van der Waals surface area contributed by atoms with Crippen LogP contribution in [0, 0.1) is 11.8 Å². The van der Waals surface area contributed by atoms with Crippen molar-refractivity contribution in [3.05, 3.63) is 0 Å². The van der Waals surface area contributed by atoms with Gasteiger partial charge in [0.05, 0.1) is 12.3 Å². The molecular weight excluding hydrogens is 260 g/mol. The number of amides is 2. The van der Waals surface area contributed by atoms with E-state index in [1.54, 1.807) is 18.7 Å². The average Bonchev–Trinajstić information content (AvgIpc) is 3.00. The van der Waals surface area contributed by atoms with Gasteiger partial charge < -0.3 is 15.3 Å². The van der Waals surface area contributed by atoms with E-state index in [9.17, 15) is 14.4 Å². The van der Waals surface area contributed by atoms with E-state index in [4.69, 9.17) is 5.11 Å². The normalized spacial score (nSPS) is 23.0. The van der Waals surface area contributed by atoms with Gasteiger partial charge in [0.2, 0.25) is 11.8 Å². The summed E-state index contributed by atoms with van der Waals surface area (Å²) in [5, 5.41) is 11.5. The highest BCUT2D eigenvalue weighted by atomic mass is 16.4. The SMILES string of the molecule is CC(C)(CC(=O)O)NC(=O)C1CC(=O)N(CC2CC2)C1. The first-order valence-corrected chi connectivity index (χ1v) is 7.08. The molecule has 0 bridgehead atoms. The summed E-state index contributed by atoms with van der Waals surface area (Å²) in [5.74, 6) is -0.873. The highest BCUT2D eigenvalue weighted by Gasteiger charge is 2.38. The topological polar surface area (TPSA) is 86.7 Å². The van der Waals surface area contributed by atoms with Crippen LogP contribution >= 0.6 is 0 Å². The van der Waals surface area contributed by atoms with Crippen molar-refractivity contribution in [3.8, 4) is 0 Å². The van der Waals surface area contributed by atoms with Gasteiger partial charge in [0, 0.05) is 25.0 Å². The zero-order chi connectivity index (χ0) is 14.9. The number of carbonyl (C=O) groups excluding carboxylic acids is 2. The molecule has 0 aromatic heterocycles. The Morgan fingerprint density at radius 3 is 2.60 bits per heavy atom. The van der Waals surface area contributed by atoms with Crippen molar-refractivity contribution in [2.45, 2.75) is 45.1 Å². The van der Waals surface area contributed by atoms with Gasteiger partial charge in [0.15, 0.2) is 0 Å². The van der Waals surface area contributed by atoms with Crippen molar-refractivity contribution >= 4 is 17.8 Å². The Hall–Kier alpha value is -1.59. The Morgan fingerprint density at radius 1 is 1.40 bits per heavy atom. The fourth-order valence-electron chi connectivity index (χ4n) is 2.59. The molecule has 6 heteroatoms. The second-order valence-electron chi connectivity index (χ2n) is 6.59. The van der Waals surface area contributed by atoms with E-state index in [0.717, 1.165) is 6.54 Å². The Labute approximate surface area is 118 Å². The molecule has 1 heterocycles. The number of nitrogens with one attached hydrogen (secondary N) is 1. The van der Waals surface area contributed by atoms with Gasteiger partial charge in [-0.2, -0.15) is 0 Å². The van der Waals surface area contributed by atoms with Gasteiger partial charge in [0.25, 0.3) is 0 Å². The number of nitrogens with zero attached hydrogens (tertiary/aromatic N) is 1. The van der Waals surface area contributed by atoms with Crippen LogP contribution in [0.5, 0.6) is 0 Å². The summed E-state index contributed by atoms with van der Waals surface area (Å²) >= 11 is 0. The molecule has 1 saturated heterocycles. The zero-order valence-corrected chi connectivity index (χ0v) is 12.0. The molecule has 1 atom stereocenters. The number of hydrogen-bond donors (Lipinski definition) is 2. The van der Waals surface area contributed by atoms with Gasteiger partial charge in [-0.15, -0.1) is 0 Å². The Kier molecular flexibility index (Phi) is 4.01. The van der Waals surface area contributed by atoms with Crippen molar-refractivity contribution in [1.29, 1.82) is 0 Å². The van der Waals surface area contributed by atoms with Crippen molar-refractivity contribution in [2.24, 2.45) is 11.8 Å². The molecule has 1 aliphatic carbocycles. The van der Waals surface area contributed by atoms with Gasteiger partial charge in [-0.3, -0.25) is 14.4 Å². The molecule has 112 valence electrons. The maximum absolute atomic E-state index is 12.2. The van der Waals surface area contributed by atoms with Crippen LogP contribution in [0.15, 0.2) is 0 Å². The summed E-state index contributed by atoms with van der Waals surface area (Å²) in [6.45, 7) is 4.58. The predicted octanol–water partition coefficient (Wildman–Crippen LogP) is 0.614. The van der Waals surface area contributed by atoms with Crippen LogP contribution in [-0.4, -0.2) is 46.4 Å². The fourth-order valence-corrected chi connectivity index (χ4v) is 2.59. The second kappa shape index (κ2) is 5.42. The van der Waals surface area contributed by atoms with Crippen LogP contribution in [0.2, 0.25) is 0 Å². The van der Waals surface area contributed by atoms with Crippen LogP contribution in [-0.2, 0) is 14.4 Å². The molecule has 2 rings (SSSR count). The number of carbonyl (C=O) groups is 3. The minimum Gasteiger partial charge on any atom is -0.481 e. The largest absolute Gasteiger partial charge is 0.481 e. The van der Waals surface area contributed by atoms with Crippen molar-refractivity contribution in [3.63, 3.8) is 0 Å². The number of aliphatic carboxylic acids is 1. The molecule has 1 aliphatic heterocycles. The number of likely N-dealkylation sites (tertiary alicyclic amines) is 1. The smallest absolute Gasteiger partial charge is 0.305 e. The summed E-state index contributed by atoms with van der Waals surface area (Å²) in [6.07, 6.45) is 2.45. The lowest BCUT2D eigenvalue weighted by Crippen LogP contribution is -2.47. The van der Waals surface area contributed by atoms with E-state index in [2.05, 4.69) is 5.32 Å². The molecule has 1 saturated carbocycles. The van der Waals surface area contributed by atoms with Crippen molar-refractivity contribution < 1.29 is 19.5 Å². The maximum Gasteiger partial charge on any atom is 0.305 e. The third kappa shape index (κ3) is 3.95. The molecule has 0 spiro atoms. The van der Waals surface area contributed by atoms with Gasteiger partial charge >= 0.3 is 5.97 Å². The molecule has 0 aromatic carbocycles. The van der Waals surface area contributed by atoms with E-state index >= 15 is 0 Å². The van der Waals surface area contributed by atoms with Gasteiger partial charge in [-0.1, -0.05) is 0 Å². The van der Waals surface area contributed by atoms with Gasteiger partial charge in [-0.05, 0) is 32.6 Å². The third-order valence-electron chi connectivity index (χ3n) is 3.82. The lowest BCUT2D eigenvalue weighted by atomic mass is 9.98. The first-order valence-electron chi connectivity index (χ1n) is 7.08. The summed E-state index contributed by atoms with van der Waals surface area (Å²) < 4.78 is 0. The predicted molar refractivity (Wildman–Crippen MR) is 71.9 cm³/mol. The molecule has 2 N–H and O–H groups in total. The summed E-state index contributed by atoms with van der Waals surface area (Å²) in [5.41, 5.74) is -0.796.